The highest BCUT2D eigenvalue weighted by Crippen LogP contribution is 2.51. The zero-order valence-electron chi connectivity index (χ0n) is 35.5. The zero-order valence-corrected chi connectivity index (χ0v) is 36.4. The van der Waals surface area contributed by atoms with Crippen molar-refractivity contribution in [3.8, 4) is 0 Å². The summed E-state index contributed by atoms with van der Waals surface area (Å²) in [5.74, 6) is -2.90. The molecule has 1 aliphatic rings. The number of benzene rings is 4. The highest BCUT2D eigenvalue weighted by molar-refractivity contribution is 7.53. The average Bonchev–Trinajstić information content (AvgIpc) is 3.77. The molecule has 5 rings (SSSR count). The van der Waals surface area contributed by atoms with Crippen molar-refractivity contribution in [1.29, 1.82) is 0 Å². The molecule has 4 aromatic carbocycles. The van der Waals surface area contributed by atoms with E-state index in [-0.39, 0.29) is 63.8 Å². The zero-order chi connectivity index (χ0) is 44.4. The molecule has 0 aromatic heterocycles. The second kappa shape index (κ2) is 23.4. The number of alkyl carbamates (subject to hydrolysis) is 1. The van der Waals surface area contributed by atoms with E-state index in [9.17, 15) is 28.5 Å². The number of anilines is 1. The van der Waals surface area contributed by atoms with Crippen LogP contribution in [0.4, 0.5) is 10.5 Å². The van der Waals surface area contributed by atoms with E-state index in [1.165, 1.54) is 4.90 Å². The normalized spacial score (nSPS) is 15.1. The number of likely N-dealkylation sites (tertiary alicyclic amines) is 1. The summed E-state index contributed by atoms with van der Waals surface area (Å²) in [4.78, 5) is 66.1. The van der Waals surface area contributed by atoms with Crippen molar-refractivity contribution in [3.63, 3.8) is 0 Å². The Morgan fingerprint density at radius 3 is 1.92 bits per heavy atom. The van der Waals surface area contributed by atoms with E-state index in [4.69, 9.17) is 23.3 Å². The Labute approximate surface area is 363 Å². The van der Waals surface area contributed by atoms with Crippen LogP contribution in [-0.4, -0.2) is 72.2 Å². The summed E-state index contributed by atoms with van der Waals surface area (Å²) in [6, 6.07) is 33.9. The van der Waals surface area contributed by atoms with Gasteiger partial charge in [0.1, 0.15) is 31.4 Å². The van der Waals surface area contributed by atoms with Crippen molar-refractivity contribution < 1.29 is 51.8 Å². The molecule has 1 fully saturated rings. The van der Waals surface area contributed by atoms with Gasteiger partial charge in [-0.2, -0.15) is 0 Å². The van der Waals surface area contributed by atoms with Gasteiger partial charge in [0.05, 0.1) is 25.3 Å². The van der Waals surface area contributed by atoms with Crippen molar-refractivity contribution in [2.75, 3.05) is 31.2 Å². The first-order chi connectivity index (χ1) is 29.7. The Morgan fingerprint density at radius 2 is 1.32 bits per heavy atom. The molecule has 3 amide bonds. The van der Waals surface area contributed by atoms with Crippen LogP contribution in [0.1, 0.15) is 68.7 Å². The molecular weight excluding hydrogens is 814 g/mol. The lowest BCUT2D eigenvalue weighted by Crippen LogP contribution is -2.47. The van der Waals surface area contributed by atoms with Crippen LogP contribution < -0.4 is 10.6 Å². The number of rotatable bonds is 21. The van der Waals surface area contributed by atoms with Gasteiger partial charge in [-0.1, -0.05) is 103 Å². The van der Waals surface area contributed by atoms with Crippen molar-refractivity contribution >= 4 is 43.1 Å². The van der Waals surface area contributed by atoms with Gasteiger partial charge >= 0.3 is 25.6 Å². The molecule has 1 saturated heterocycles. The fourth-order valence-electron chi connectivity index (χ4n) is 6.58. The maximum Gasteiger partial charge on any atom is 0.408 e. The molecule has 3 atom stereocenters. The molecule has 0 saturated carbocycles. The van der Waals surface area contributed by atoms with Crippen LogP contribution in [0.15, 0.2) is 115 Å². The SMILES string of the molecule is CC(C)(C)OC(=O)NCC(=O)N1CCC[C@H]1C(=O)Nc1ccc(CCOP(=O)(C[C@@H](CCC(=O)OCc2ccccc2)C(=O)OCc2ccccc2)OCc2ccccc2)cc1. The highest BCUT2D eigenvalue weighted by Gasteiger charge is 2.36. The summed E-state index contributed by atoms with van der Waals surface area (Å²) in [5, 5.41) is 5.33. The minimum absolute atomic E-state index is 0.00771. The van der Waals surface area contributed by atoms with E-state index in [2.05, 4.69) is 10.6 Å². The van der Waals surface area contributed by atoms with E-state index in [1.807, 2.05) is 91.0 Å². The summed E-state index contributed by atoms with van der Waals surface area (Å²) in [6.45, 7) is 5.27. The number of hydrogen-bond donors (Lipinski definition) is 2. The number of esters is 2. The third-order valence-corrected chi connectivity index (χ3v) is 11.8. The number of nitrogens with one attached hydrogen (secondary N) is 2. The van der Waals surface area contributed by atoms with Gasteiger partial charge in [0.2, 0.25) is 11.8 Å². The molecule has 4 aromatic rings. The number of nitrogens with zero attached hydrogens (tertiary/aromatic N) is 1. The van der Waals surface area contributed by atoms with Crippen molar-refractivity contribution in [1.82, 2.24) is 10.2 Å². The minimum atomic E-state index is -4.00. The predicted molar refractivity (Wildman–Crippen MR) is 233 cm³/mol. The maximum absolute atomic E-state index is 14.6. The number of hydrogen-bond acceptors (Lipinski definition) is 11. The van der Waals surface area contributed by atoms with Gasteiger partial charge in [0.25, 0.3) is 0 Å². The van der Waals surface area contributed by atoms with E-state index in [0.717, 1.165) is 22.3 Å². The van der Waals surface area contributed by atoms with E-state index < -0.39 is 43.2 Å². The number of ether oxygens (including phenoxy) is 3. The van der Waals surface area contributed by atoms with Gasteiger partial charge in [-0.15, -0.1) is 0 Å². The summed E-state index contributed by atoms with van der Waals surface area (Å²) >= 11 is 0. The Kier molecular flexibility index (Phi) is 17.8. The third-order valence-electron chi connectivity index (χ3n) is 9.77. The third kappa shape index (κ3) is 16.2. The van der Waals surface area contributed by atoms with Crippen LogP contribution in [0, 0.1) is 5.92 Å². The first-order valence-corrected chi connectivity index (χ1v) is 22.5. The smallest absolute Gasteiger partial charge is 0.408 e. The van der Waals surface area contributed by atoms with E-state index in [0.29, 0.717) is 31.5 Å². The van der Waals surface area contributed by atoms with Crippen molar-refractivity contribution in [2.24, 2.45) is 5.92 Å². The minimum Gasteiger partial charge on any atom is -0.461 e. The van der Waals surface area contributed by atoms with Gasteiger partial charge in [-0.05, 0) is 80.8 Å². The monoisotopic (exact) mass is 869 g/mol. The second-order valence-corrected chi connectivity index (χ2v) is 18.0. The molecule has 15 heteroatoms. The molecule has 1 unspecified atom stereocenters. The topological polar surface area (TPSA) is 176 Å². The first kappa shape index (κ1) is 47.2. The van der Waals surface area contributed by atoms with Gasteiger partial charge in [0.15, 0.2) is 0 Å². The highest BCUT2D eigenvalue weighted by atomic mass is 31.2. The lowest BCUT2D eigenvalue weighted by molar-refractivity contribution is -0.150. The average molecular weight is 870 g/mol. The van der Waals surface area contributed by atoms with Crippen molar-refractivity contribution in [3.05, 3.63) is 138 Å². The first-order valence-electron chi connectivity index (χ1n) is 20.7. The van der Waals surface area contributed by atoms with Crippen LogP contribution in [0.2, 0.25) is 0 Å². The van der Waals surface area contributed by atoms with E-state index >= 15 is 0 Å². The van der Waals surface area contributed by atoms with Gasteiger partial charge in [-0.3, -0.25) is 23.7 Å². The second-order valence-electron chi connectivity index (χ2n) is 15.9. The lowest BCUT2D eigenvalue weighted by Gasteiger charge is -2.25. The molecular formula is C47H56N3O11P. The molecule has 14 nitrogen and oxygen atoms in total. The standard InChI is InChI=1S/C47H56N3O11P/c1-47(2,3)61-46(55)48-30-42(51)50-28-13-20-41(50)44(53)49-40-24-21-35(22-25-40)27-29-59-62(56,60-33-38-18-11-6-12-19-38)34-39(45(54)58-32-37-16-9-5-10-17-37)23-26-43(52)57-31-36-14-7-4-8-15-36/h4-12,14-19,21-22,24-25,39,41H,13,20,23,26-34H2,1-3H3,(H,48,55)(H,49,53)/t39-,41+,62?/m1/s1. The largest absolute Gasteiger partial charge is 0.461 e. The molecule has 2 N–H and O–H groups in total. The summed E-state index contributed by atoms with van der Waals surface area (Å²) in [7, 11) is -4.00. The summed E-state index contributed by atoms with van der Waals surface area (Å²) in [5.41, 5.74) is 2.96. The van der Waals surface area contributed by atoms with E-state index in [1.54, 1.807) is 45.0 Å². The number of carbonyl (C=O) groups is 5. The Balaban J connectivity index is 1.19. The fraction of sp³-hybridized carbons (Fsp3) is 0.383. The summed E-state index contributed by atoms with van der Waals surface area (Å²) < 4.78 is 42.9. The van der Waals surface area contributed by atoms with Gasteiger partial charge in [0, 0.05) is 18.7 Å². The fourth-order valence-corrected chi connectivity index (χ4v) is 8.45. The Morgan fingerprint density at radius 1 is 0.742 bits per heavy atom. The molecule has 1 aliphatic heterocycles. The molecule has 1 heterocycles. The number of carbonyl (C=O) groups excluding carboxylic acids is 5. The van der Waals surface area contributed by atoms with Crippen LogP contribution >= 0.6 is 7.60 Å². The molecule has 62 heavy (non-hydrogen) atoms. The van der Waals surface area contributed by atoms with Crippen LogP contribution in [0.3, 0.4) is 0 Å². The molecule has 330 valence electrons. The van der Waals surface area contributed by atoms with Crippen LogP contribution in [0.25, 0.3) is 0 Å². The summed E-state index contributed by atoms with van der Waals surface area (Å²) in [6.07, 6.45) is 0.267. The van der Waals surface area contributed by atoms with Gasteiger partial charge < -0.3 is 38.8 Å². The molecule has 0 spiro atoms. The van der Waals surface area contributed by atoms with Crippen LogP contribution in [0.5, 0.6) is 0 Å². The van der Waals surface area contributed by atoms with Crippen LogP contribution in [-0.2, 0) is 73.2 Å². The maximum atomic E-state index is 14.6. The molecule has 0 bridgehead atoms. The Bertz CT molecular complexity index is 2110. The number of amides is 3. The molecule has 0 aliphatic carbocycles. The van der Waals surface area contributed by atoms with Gasteiger partial charge in [-0.25, -0.2) is 4.79 Å². The lowest BCUT2D eigenvalue weighted by atomic mass is 10.1. The van der Waals surface area contributed by atoms with Crippen molar-refractivity contribution in [2.45, 2.75) is 84.3 Å². The Hall–Kier alpha value is -5.82. The predicted octanol–water partition coefficient (Wildman–Crippen LogP) is 7.99. The molecule has 0 radical (unpaired) electrons. The quantitative estimate of drug-likeness (QED) is 0.0472.